The minimum atomic E-state index is -0.506. The van der Waals surface area contributed by atoms with E-state index < -0.39 is 16.9 Å². The van der Waals surface area contributed by atoms with Crippen LogP contribution in [-0.2, 0) is 4.74 Å². The number of carbonyl (C=O) groups is 1. The summed E-state index contributed by atoms with van der Waals surface area (Å²) in [6.07, 6.45) is 4.32. The van der Waals surface area contributed by atoms with E-state index in [1.807, 2.05) is 11.0 Å². The number of halogens is 2. The molecule has 0 unspecified atom stereocenters. The molecule has 3 aromatic carbocycles. The van der Waals surface area contributed by atoms with Crippen molar-refractivity contribution in [2.45, 2.75) is 25.3 Å². The van der Waals surface area contributed by atoms with Gasteiger partial charge in [-0.25, -0.2) is 13.8 Å². The van der Waals surface area contributed by atoms with Gasteiger partial charge in [0.2, 0.25) is 0 Å². The van der Waals surface area contributed by atoms with Crippen molar-refractivity contribution >= 4 is 29.1 Å². The lowest BCUT2D eigenvalue weighted by Gasteiger charge is -2.30. The Hall–Kier alpha value is -4.44. The molecule has 3 aromatic rings. The second kappa shape index (κ2) is 11.2. The van der Waals surface area contributed by atoms with Crippen molar-refractivity contribution in [3.63, 3.8) is 0 Å². The molecule has 10 heteroatoms. The molecular formula is C31H28F2N4O4. The van der Waals surface area contributed by atoms with E-state index >= 15 is 0 Å². The summed E-state index contributed by atoms with van der Waals surface area (Å²) in [7, 11) is 0. The highest BCUT2D eigenvalue weighted by Crippen LogP contribution is 2.45. The van der Waals surface area contributed by atoms with E-state index in [0.717, 1.165) is 41.7 Å². The molecule has 41 heavy (non-hydrogen) atoms. The van der Waals surface area contributed by atoms with E-state index in [2.05, 4.69) is 0 Å². The SMILES string of the molecule is O=C(c1ccc(N2CCOCC2)c([N+](=O)[O-])c1)N1N=C2/C(=C\c3ccc(F)cc3)CCC[C@@H]2[C@H]1c1ccc(F)cc1. The Morgan fingerprint density at radius 1 is 1.00 bits per heavy atom. The van der Waals surface area contributed by atoms with E-state index in [9.17, 15) is 23.7 Å². The Labute approximate surface area is 235 Å². The van der Waals surface area contributed by atoms with Gasteiger partial charge in [-0.1, -0.05) is 24.3 Å². The van der Waals surface area contributed by atoms with Gasteiger partial charge in [-0.15, -0.1) is 0 Å². The number of anilines is 1. The largest absolute Gasteiger partial charge is 0.378 e. The number of ether oxygens (including phenoxy) is 1. The Bertz CT molecular complexity index is 1530. The minimum Gasteiger partial charge on any atom is -0.378 e. The van der Waals surface area contributed by atoms with Crippen molar-refractivity contribution < 1.29 is 23.2 Å². The molecular weight excluding hydrogens is 530 g/mol. The quantitative estimate of drug-likeness (QED) is 0.277. The fraction of sp³-hybridized carbons (Fsp3) is 0.290. The summed E-state index contributed by atoms with van der Waals surface area (Å²) in [5.74, 6) is -1.33. The van der Waals surface area contributed by atoms with Crippen LogP contribution in [0.1, 0.15) is 46.8 Å². The molecule has 0 spiro atoms. The highest BCUT2D eigenvalue weighted by molar-refractivity contribution is 6.09. The number of hydrazone groups is 1. The van der Waals surface area contributed by atoms with Gasteiger partial charge >= 0.3 is 0 Å². The van der Waals surface area contributed by atoms with Crippen LogP contribution in [0.2, 0.25) is 0 Å². The third kappa shape index (κ3) is 5.35. The van der Waals surface area contributed by atoms with Crippen LogP contribution in [0.25, 0.3) is 6.08 Å². The van der Waals surface area contributed by atoms with Crippen LogP contribution >= 0.6 is 0 Å². The highest BCUT2D eigenvalue weighted by Gasteiger charge is 2.44. The fourth-order valence-electron chi connectivity index (χ4n) is 5.93. The molecule has 2 heterocycles. The van der Waals surface area contributed by atoms with E-state index in [1.165, 1.54) is 35.3 Å². The lowest BCUT2D eigenvalue weighted by Crippen LogP contribution is -2.36. The number of fused-ring (bicyclic) bond motifs is 1. The zero-order valence-electron chi connectivity index (χ0n) is 22.2. The standard InChI is InChI=1S/C31H28F2N4O4/c32-24-9-4-20(5-10-24)18-22-2-1-3-26-29(22)34-36(30(26)21-6-11-25(33)12-7-21)31(38)23-8-13-27(28(19-23)37(39)40)35-14-16-41-17-15-35/h4-13,18-19,26,30H,1-3,14-17H2/b22-18-/t26-,30+/m0/s1. The Morgan fingerprint density at radius 3 is 2.37 bits per heavy atom. The summed E-state index contributed by atoms with van der Waals surface area (Å²) < 4.78 is 32.7. The zero-order chi connectivity index (χ0) is 28.5. The van der Waals surface area contributed by atoms with Crippen LogP contribution < -0.4 is 4.90 Å². The first kappa shape index (κ1) is 26.8. The first-order valence-electron chi connectivity index (χ1n) is 13.6. The number of morpholine rings is 1. The molecule has 210 valence electrons. The summed E-state index contributed by atoms with van der Waals surface area (Å²) in [5, 5.41) is 18.3. The van der Waals surface area contributed by atoms with Crippen LogP contribution in [-0.4, -0.2) is 47.9 Å². The minimum absolute atomic E-state index is 0.146. The number of carbonyl (C=O) groups excluding carboxylic acids is 1. The molecule has 0 N–H and O–H groups in total. The van der Waals surface area contributed by atoms with Crippen LogP contribution in [0.4, 0.5) is 20.2 Å². The second-order valence-corrected chi connectivity index (χ2v) is 10.4. The molecule has 2 atom stereocenters. The molecule has 2 aliphatic heterocycles. The zero-order valence-corrected chi connectivity index (χ0v) is 22.2. The maximum absolute atomic E-state index is 14.0. The number of hydrogen-bond donors (Lipinski definition) is 0. The number of allylic oxidation sites excluding steroid dienone is 1. The van der Waals surface area contributed by atoms with Crippen molar-refractivity contribution in [1.29, 1.82) is 0 Å². The average Bonchev–Trinajstić information content (AvgIpc) is 3.39. The van der Waals surface area contributed by atoms with Gasteiger partial charge in [0, 0.05) is 30.6 Å². The van der Waals surface area contributed by atoms with Gasteiger partial charge in [0.1, 0.15) is 17.3 Å². The maximum Gasteiger partial charge on any atom is 0.293 e. The monoisotopic (exact) mass is 558 g/mol. The van der Waals surface area contributed by atoms with Crippen molar-refractivity contribution in [2.75, 3.05) is 31.2 Å². The topological polar surface area (TPSA) is 88.3 Å². The second-order valence-electron chi connectivity index (χ2n) is 10.4. The van der Waals surface area contributed by atoms with Crippen molar-refractivity contribution in [2.24, 2.45) is 11.0 Å². The van der Waals surface area contributed by atoms with Gasteiger partial charge in [-0.05, 0) is 78.4 Å². The number of rotatable bonds is 5. The van der Waals surface area contributed by atoms with E-state index in [-0.39, 0.29) is 28.8 Å². The predicted octanol–water partition coefficient (Wildman–Crippen LogP) is 6.15. The van der Waals surface area contributed by atoms with Crippen molar-refractivity contribution in [1.82, 2.24) is 5.01 Å². The van der Waals surface area contributed by atoms with E-state index in [1.54, 1.807) is 36.4 Å². The molecule has 8 nitrogen and oxygen atoms in total. The van der Waals surface area contributed by atoms with Crippen LogP contribution in [0.3, 0.4) is 0 Å². The summed E-state index contributed by atoms with van der Waals surface area (Å²) >= 11 is 0. The van der Waals surface area contributed by atoms with Gasteiger partial charge in [0.15, 0.2) is 0 Å². The summed E-state index contributed by atoms with van der Waals surface area (Å²) in [5.41, 5.74) is 3.68. The third-order valence-corrected chi connectivity index (χ3v) is 7.90. The molecule has 0 radical (unpaired) electrons. The lowest BCUT2D eigenvalue weighted by atomic mass is 9.77. The van der Waals surface area contributed by atoms with Crippen molar-refractivity contribution in [3.05, 3.63) is 111 Å². The molecule has 3 aliphatic rings. The van der Waals surface area contributed by atoms with Crippen molar-refractivity contribution in [3.8, 4) is 0 Å². The molecule has 0 bridgehead atoms. The summed E-state index contributed by atoms with van der Waals surface area (Å²) in [4.78, 5) is 27.5. The lowest BCUT2D eigenvalue weighted by molar-refractivity contribution is -0.384. The Kier molecular flexibility index (Phi) is 7.32. The maximum atomic E-state index is 14.0. The Morgan fingerprint density at radius 2 is 1.68 bits per heavy atom. The van der Waals surface area contributed by atoms with Gasteiger partial charge in [-0.2, -0.15) is 5.10 Å². The fourth-order valence-corrected chi connectivity index (χ4v) is 5.93. The highest BCUT2D eigenvalue weighted by atomic mass is 19.1. The van der Waals surface area contributed by atoms with Gasteiger partial charge < -0.3 is 9.64 Å². The number of nitro benzene ring substituents is 1. The summed E-state index contributed by atoms with van der Waals surface area (Å²) in [6.45, 7) is 1.98. The molecule has 6 rings (SSSR count). The van der Waals surface area contributed by atoms with Crippen LogP contribution in [0.5, 0.6) is 0 Å². The third-order valence-electron chi connectivity index (χ3n) is 7.90. The molecule has 0 aromatic heterocycles. The molecule has 1 saturated heterocycles. The first-order valence-corrected chi connectivity index (χ1v) is 13.6. The smallest absolute Gasteiger partial charge is 0.293 e. The number of nitrogens with zero attached hydrogens (tertiary/aromatic N) is 4. The van der Waals surface area contributed by atoms with E-state index in [0.29, 0.717) is 32.0 Å². The van der Waals surface area contributed by atoms with E-state index in [4.69, 9.17) is 9.84 Å². The molecule has 2 fully saturated rings. The number of benzene rings is 3. The molecule has 1 aliphatic carbocycles. The summed E-state index contributed by atoms with van der Waals surface area (Å²) in [6, 6.07) is 16.2. The van der Waals surface area contributed by atoms with Gasteiger partial charge in [-0.3, -0.25) is 14.9 Å². The predicted molar refractivity (Wildman–Crippen MR) is 151 cm³/mol. The average molecular weight is 559 g/mol. The van der Waals surface area contributed by atoms with Crippen LogP contribution in [0.15, 0.2) is 77.4 Å². The van der Waals surface area contributed by atoms with Crippen LogP contribution in [0, 0.1) is 27.7 Å². The van der Waals surface area contributed by atoms with Gasteiger partial charge in [0.25, 0.3) is 11.6 Å². The Balaban J connectivity index is 1.40. The van der Waals surface area contributed by atoms with Gasteiger partial charge in [0.05, 0.1) is 29.9 Å². The first-order chi connectivity index (χ1) is 19.9. The number of amides is 1. The molecule has 1 amide bonds. The number of nitro groups is 1. The number of hydrogen-bond acceptors (Lipinski definition) is 6. The molecule has 1 saturated carbocycles. The normalized spacial score (nSPS) is 21.5.